The lowest BCUT2D eigenvalue weighted by Gasteiger charge is -1.92. The molecular formula is C6H7NO. The van der Waals surface area contributed by atoms with Gasteiger partial charge in [0.15, 0.2) is 6.73 Å². The summed E-state index contributed by atoms with van der Waals surface area (Å²) in [6.07, 6.45) is 8.88. The van der Waals surface area contributed by atoms with Crippen molar-refractivity contribution in [3.05, 3.63) is 24.5 Å². The van der Waals surface area contributed by atoms with Crippen LogP contribution in [0.5, 0.6) is 0 Å². The Morgan fingerprint density at radius 2 is 2.25 bits per heavy atom. The molecule has 0 radical (unpaired) electrons. The molecule has 1 aliphatic heterocycles. The predicted molar refractivity (Wildman–Crippen MR) is 32.7 cm³/mol. The fraction of sp³-hybridized carbons (Fsp3) is 0.167. The van der Waals surface area contributed by atoms with Crippen LogP contribution in [0.2, 0.25) is 0 Å². The van der Waals surface area contributed by atoms with Crippen LogP contribution in [0.15, 0.2) is 29.5 Å². The van der Waals surface area contributed by atoms with Crippen molar-refractivity contribution in [3.8, 4) is 0 Å². The first-order chi connectivity index (χ1) is 4.00. The third-order valence-electron chi connectivity index (χ3n) is 0.738. The van der Waals surface area contributed by atoms with E-state index in [2.05, 4.69) is 4.99 Å². The fourth-order valence-corrected chi connectivity index (χ4v) is 0.405. The number of hydrogen-bond donors (Lipinski definition) is 0. The van der Waals surface area contributed by atoms with Gasteiger partial charge in [-0.15, -0.1) is 0 Å². The van der Waals surface area contributed by atoms with Crippen LogP contribution in [0.4, 0.5) is 0 Å². The van der Waals surface area contributed by atoms with Crippen LogP contribution in [0, 0.1) is 0 Å². The number of ether oxygens (including phenoxy) is 1. The standard InChI is InChI=1S/C6H7NO/c1-2-4-7-6-8-5-3-1/h1-5H,6H2/b2-1-,5-3+,7-4+. The molecule has 0 saturated carbocycles. The lowest BCUT2D eigenvalue weighted by Crippen LogP contribution is -1.82. The highest BCUT2D eigenvalue weighted by Gasteiger charge is 1.73. The van der Waals surface area contributed by atoms with Gasteiger partial charge in [-0.2, -0.15) is 0 Å². The SMILES string of the molecule is C1=C\C=N\CO/C=C/1. The van der Waals surface area contributed by atoms with Gasteiger partial charge in [-0.25, -0.2) is 0 Å². The van der Waals surface area contributed by atoms with Crippen LogP contribution >= 0.6 is 0 Å². The van der Waals surface area contributed by atoms with Crippen LogP contribution in [0.25, 0.3) is 0 Å². The number of nitrogens with zero attached hydrogens (tertiary/aromatic N) is 1. The van der Waals surface area contributed by atoms with Crippen molar-refractivity contribution in [1.29, 1.82) is 0 Å². The zero-order valence-electron chi connectivity index (χ0n) is 4.45. The molecule has 0 bridgehead atoms. The lowest BCUT2D eigenvalue weighted by molar-refractivity contribution is 0.262. The van der Waals surface area contributed by atoms with E-state index in [-0.39, 0.29) is 0 Å². The summed E-state index contributed by atoms with van der Waals surface area (Å²) in [7, 11) is 0. The Balaban J connectivity index is 2.51. The van der Waals surface area contributed by atoms with Crippen LogP contribution in [-0.2, 0) is 4.74 Å². The molecule has 0 aromatic carbocycles. The van der Waals surface area contributed by atoms with E-state index in [9.17, 15) is 0 Å². The average molecular weight is 109 g/mol. The van der Waals surface area contributed by atoms with Gasteiger partial charge in [0.1, 0.15) is 0 Å². The molecule has 1 aliphatic rings. The molecule has 2 heteroatoms. The Hall–Kier alpha value is -1.05. The average Bonchev–Trinajstić information content (AvgIpc) is 1.62. The van der Waals surface area contributed by atoms with Gasteiger partial charge in [0, 0.05) is 6.21 Å². The highest BCUT2D eigenvalue weighted by Crippen LogP contribution is 1.83. The maximum Gasteiger partial charge on any atom is 0.178 e. The summed E-state index contributed by atoms with van der Waals surface area (Å²) in [5.41, 5.74) is 0. The predicted octanol–water partition coefficient (Wildman–Crippen LogP) is 1.11. The first-order valence-corrected chi connectivity index (χ1v) is 2.43. The Bertz CT molecular complexity index is 119. The molecule has 0 aromatic rings. The topological polar surface area (TPSA) is 21.6 Å². The minimum Gasteiger partial charge on any atom is -0.479 e. The molecule has 1 rings (SSSR count). The first kappa shape index (κ1) is 5.09. The molecular weight excluding hydrogens is 102 g/mol. The summed E-state index contributed by atoms with van der Waals surface area (Å²) < 4.78 is 4.84. The molecule has 0 saturated heterocycles. The van der Waals surface area contributed by atoms with Gasteiger partial charge < -0.3 is 4.74 Å². The van der Waals surface area contributed by atoms with E-state index in [1.54, 1.807) is 12.5 Å². The largest absolute Gasteiger partial charge is 0.479 e. The van der Waals surface area contributed by atoms with Crippen molar-refractivity contribution in [2.24, 2.45) is 4.99 Å². The Morgan fingerprint density at radius 3 is 3.25 bits per heavy atom. The molecule has 0 aliphatic carbocycles. The van der Waals surface area contributed by atoms with Crippen molar-refractivity contribution in [3.63, 3.8) is 0 Å². The van der Waals surface area contributed by atoms with Crippen LogP contribution in [0.3, 0.4) is 0 Å². The third-order valence-corrected chi connectivity index (χ3v) is 0.738. The minimum absolute atomic E-state index is 0.431. The summed E-state index contributed by atoms with van der Waals surface area (Å²) in [5.74, 6) is 0. The Kier molecular flexibility index (Phi) is 1.92. The second-order valence-corrected chi connectivity index (χ2v) is 1.34. The van der Waals surface area contributed by atoms with E-state index < -0.39 is 0 Å². The molecule has 0 unspecified atom stereocenters. The van der Waals surface area contributed by atoms with Gasteiger partial charge >= 0.3 is 0 Å². The fourth-order valence-electron chi connectivity index (χ4n) is 0.405. The molecule has 0 amide bonds. The summed E-state index contributed by atoms with van der Waals surface area (Å²) in [6.45, 7) is 0.431. The molecule has 8 heavy (non-hydrogen) atoms. The molecule has 2 nitrogen and oxygen atoms in total. The maximum atomic E-state index is 4.84. The third kappa shape index (κ3) is 1.60. The Labute approximate surface area is 48.2 Å². The molecule has 0 atom stereocenters. The second-order valence-electron chi connectivity index (χ2n) is 1.34. The second kappa shape index (κ2) is 3.02. The number of allylic oxidation sites excluding steroid dienone is 3. The van der Waals surface area contributed by atoms with Crippen molar-refractivity contribution in [1.82, 2.24) is 0 Å². The number of aliphatic imine (C=N–C) groups is 1. The van der Waals surface area contributed by atoms with E-state index >= 15 is 0 Å². The van der Waals surface area contributed by atoms with Gasteiger partial charge in [0.05, 0.1) is 6.26 Å². The molecule has 0 spiro atoms. The maximum absolute atomic E-state index is 4.84. The number of hydrogen-bond acceptors (Lipinski definition) is 2. The zero-order valence-corrected chi connectivity index (χ0v) is 4.45. The highest BCUT2D eigenvalue weighted by molar-refractivity contribution is 5.71. The van der Waals surface area contributed by atoms with Gasteiger partial charge in [0.2, 0.25) is 0 Å². The summed E-state index contributed by atoms with van der Waals surface area (Å²) in [5, 5.41) is 0. The van der Waals surface area contributed by atoms with Gasteiger partial charge in [0.25, 0.3) is 0 Å². The highest BCUT2D eigenvalue weighted by atomic mass is 16.5. The summed E-state index contributed by atoms with van der Waals surface area (Å²) in [6, 6.07) is 0. The van der Waals surface area contributed by atoms with Gasteiger partial charge in [-0.05, 0) is 12.2 Å². The van der Waals surface area contributed by atoms with E-state index in [4.69, 9.17) is 4.74 Å². The van der Waals surface area contributed by atoms with E-state index in [1.165, 1.54) is 0 Å². The van der Waals surface area contributed by atoms with E-state index in [1.807, 2.05) is 18.2 Å². The van der Waals surface area contributed by atoms with Crippen molar-refractivity contribution >= 4 is 6.21 Å². The van der Waals surface area contributed by atoms with Gasteiger partial charge in [-0.3, -0.25) is 4.99 Å². The van der Waals surface area contributed by atoms with Crippen LogP contribution < -0.4 is 0 Å². The van der Waals surface area contributed by atoms with E-state index in [0.29, 0.717) is 6.73 Å². The van der Waals surface area contributed by atoms with Crippen molar-refractivity contribution in [2.45, 2.75) is 0 Å². The zero-order chi connectivity index (χ0) is 5.66. The molecule has 0 fully saturated rings. The van der Waals surface area contributed by atoms with Gasteiger partial charge in [-0.1, -0.05) is 6.08 Å². The van der Waals surface area contributed by atoms with Crippen LogP contribution in [0.1, 0.15) is 0 Å². The Morgan fingerprint density at radius 1 is 1.25 bits per heavy atom. The molecule has 1 heterocycles. The summed E-state index contributed by atoms with van der Waals surface area (Å²) >= 11 is 0. The van der Waals surface area contributed by atoms with E-state index in [0.717, 1.165) is 0 Å². The molecule has 42 valence electrons. The summed E-state index contributed by atoms with van der Waals surface area (Å²) in [4.78, 5) is 3.85. The monoisotopic (exact) mass is 109 g/mol. The lowest BCUT2D eigenvalue weighted by atomic mass is 10.5. The van der Waals surface area contributed by atoms with Crippen LogP contribution in [-0.4, -0.2) is 12.9 Å². The molecule has 0 N–H and O–H groups in total. The molecule has 0 aromatic heterocycles. The number of rotatable bonds is 0. The minimum atomic E-state index is 0.431. The van der Waals surface area contributed by atoms with Crippen molar-refractivity contribution < 1.29 is 4.74 Å². The van der Waals surface area contributed by atoms with Crippen molar-refractivity contribution in [2.75, 3.05) is 6.73 Å². The quantitative estimate of drug-likeness (QED) is 0.456. The smallest absolute Gasteiger partial charge is 0.178 e. The normalized spacial score (nSPS) is 29.0. The first-order valence-electron chi connectivity index (χ1n) is 2.43.